The molecule has 0 aliphatic carbocycles. The lowest BCUT2D eigenvalue weighted by molar-refractivity contribution is -0.166. The molecule has 144 valence electrons. The second-order valence-corrected chi connectivity index (χ2v) is 5.45. The minimum absolute atomic E-state index is 0.233. The van der Waals surface area contributed by atoms with E-state index in [-0.39, 0.29) is 5.65 Å². The van der Waals surface area contributed by atoms with E-state index in [1.165, 1.54) is 17.1 Å². The van der Waals surface area contributed by atoms with E-state index in [1.807, 2.05) is 0 Å². The van der Waals surface area contributed by atoms with Crippen LogP contribution in [0.25, 0.3) is 11.2 Å². The lowest BCUT2D eigenvalue weighted by Gasteiger charge is -2.23. The maximum Gasteiger partial charge on any atom is 0.303 e. The zero-order valence-electron chi connectivity index (χ0n) is 16.9. The summed E-state index contributed by atoms with van der Waals surface area (Å²) in [5, 5.41) is 11.0. The highest BCUT2D eigenvalue weighted by molar-refractivity contribution is 5.69. The van der Waals surface area contributed by atoms with Crippen LogP contribution in [-0.2, 0) is 33.3 Å². The normalized spacial score (nSPS) is 26.0. The van der Waals surface area contributed by atoms with Crippen LogP contribution < -0.4 is 0 Å². The van der Waals surface area contributed by atoms with Gasteiger partial charge in [-0.05, 0) is 5.21 Å². The highest BCUT2D eigenvalue weighted by Gasteiger charge is 2.51. The first-order valence-electron chi connectivity index (χ1n) is 9.69. The fourth-order valence-electron chi connectivity index (χ4n) is 2.71. The summed E-state index contributed by atoms with van der Waals surface area (Å²) in [5.74, 6) is -2.67. The van der Waals surface area contributed by atoms with Crippen LogP contribution in [0.15, 0.2) is 12.5 Å². The Morgan fingerprint density at radius 3 is 2.67 bits per heavy atom. The Kier molecular flexibility index (Phi) is 4.22. The number of ether oxygens (including phenoxy) is 4. The third-order valence-corrected chi connectivity index (χ3v) is 3.67. The van der Waals surface area contributed by atoms with Gasteiger partial charge < -0.3 is 18.9 Å². The third kappa shape index (κ3) is 4.00. The van der Waals surface area contributed by atoms with Crippen molar-refractivity contribution in [2.45, 2.75) is 45.2 Å². The summed E-state index contributed by atoms with van der Waals surface area (Å²) >= 11 is 0. The number of hydrogen-bond donors (Lipinski definition) is 0. The van der Waals surface area contributed by atoms with E-state index >= 15 is 0 Å². The minimum Gasteiger partial charge on any atom is -0.463 e. The summed E-state index contributed by atoms with van der Waals surface area (Å²) < 4.78 is 44.1. The number of rotatable bonds is 5. The first-order valence-corrected chi connectivity index (χ1v) is 7.57. The molecule has 2 aromatic rings. The van der Waals surface area contributed by atoms with Gasteiger partial charge in [0.2, 0.25) is 0 Å². The van der Waals surface area contributed by atoms with Gasteiger partial charge in [-0.1, -0.05) is 0 Å². The van der Waals surface area contributed by atoms with E-state index in [0.29, 0.717) is 5.52 Å². The average molecular weight is 382 g/mol. The molecule has 1 aliphatic heterocycles. The Labute approximate surface area is 157 Å². The molecule has 0 radical (unpaired) electrons. The van der Waals surface area contributed by atoms with E-state index < -0.39 is 69.8 Å². The molecule has 0 amide bonds. The molecule has 1 aliphatic rings. The second kappa shape index (κ2) is 7.61. The van der Waals surface area contributed by atoms with Gasteiger partial charge in [0.15, 0.2) is 24.1 Å². The quantitative estimate of drug-likeness (QED) is 0.489. The van der Waals surface area contributed by atoms with Crippen molar-refractivity contribution in [2.75, 3.05) is 6.61 Å². The Morgan fingerprint density at radius 2 is 1.93 bits per heavy atom. The molecule has 0 aromatic carbocycles. The number of imidazole rings is 1. The van der Waals surface area contributed by atoms with Crippen molar-refractivity contribution in [1.82, 2.24) is 25.0 Å². The molecule has 3 rings (SSSR count). The third-order valence-electron chi connectivity index (χ3n) is 3.67. The topological polar surface area (TPSA) is 145 Å². The number of esters is 3. The summed E-state index contributed by atoms with van der Waals surface area (Å²) in [7, 11) is 0. The molecule has 0 saturated carbocycles. The van der Waals surface area contributed by atoms with Crippen LogP contribution >= 0.6 is 0 Å². The van der Waals surface area contributed by atoms with Crippen molar-refractivity contribution in [2.24, 2.45) is 0 Å². The van der Waals surface area contributed by atoms with Crippen LogP contribution in [0.5, 0.6) is 0 Å². The van der Waals surface area contributed by atoms with Gasteiger partial charge in [-0.3, -0.25) is 19.0 Å². The lowest BCUT2D eigenvalue weighted by atomic mass is 10.1. The SMILES string of the molecule is [2H]CC(=O)OC[C@H]1OC(n2cnc3cnnnc32)[C@H](OC(=O)C[2H])[C@@H]1OC(=O)C[2H]. The molecule has 3 heterocycles. The Bertz CT molecular complexity index is 929. The van der Waals surface area contributed by atoms with Crippen LogP contribution in [0, 0.1) is 0 Å². The molecule has 1 fully saturated rings. The predicted octanol–water partition coefficient (Wildman–Crippen LogP) is -0.455. The summed E-state index contributed by atoms with van der Waals surface area (Å²) in [5.41, 5.74) is 0.597. The molecule has 0 N–H and O–H groups in total. The first-order chi connectivity index (χ1) is 14.5. The Morgan fingerprint density at radius 1 is 1.19 bits per heavy atom. The number of carbonyl (C=O) groups excluding carboxylic acids is 3. The lowest BCUT2D eigenvalue weighted by Crippen LogP contribution is -2.40. The van der Waals surface area contributed by atoms with E-state index in [4.69, 9.17) is 23.1 Å². The van der Waals surface area contributed by atoms with Gasteiger partial charge >= 0.3 is 17.9 Å². The highest BCUT2D eigenvalue weighted by atomic mass is 16.7. The van der Waals surface area contributed by atoms with Crippen LogP contribution in [0.3, 0.4) is 0 Å². The molecule has 4 atom stereocenters. The van der Waals surface area contributed by atoms with Crippen molar-refractivity contribution in [3.05, 3.63) is 12.5 Å². The van der Waals surface area contributed by atoms with Gasteiger partial charge in [-0.25, -0.2) is 4.98 Å². The molecule has 2 aromatic heterocycles. The molecule has 1 unspecified atom stereocenters. The maximum atomic E-state index is 11.9. The number of hydrogen-bond acceptors (Lipinski definition) is 11. The average Bonchev–Trinajstić information content (AvgIpc) is 3.33. The molecule has 1 saturated heterocycles. The zero-order chi connectivity index (χ0) is 21.7. The fourth-order valence-corrected chi connectivity index (χ4v) is 2.71. The van der Waals surface area contributed by atoms with Crippen molar-refractivity contribution in [3.8, 4) is 0 Å². The molecular formula is C15H17N5O7. The second-order valence-electron chi connectivity index (χ2n) is 5.45. The van der Waals surface area contributed by atoms with E-state index in [9.17, 15) is 14.4 Å². The molecule has 12 heteroatoms. The van der Waals surface area contributed by atoms with Gasteiger partial charge in [0.25, 0.3) is 0 Å². The van der Waals surface area contributed by atoms with Crippen molar-refractivity contribution < 1.29 is 37.4 Å². The van der Waals surface area contributed by atoms with Gasteiger partial charge in [0, 0.05) is 24.8 Å². The maximum absolute atomic E-state index is 11.9. The molecule has 27 heavy (non-hydrogen) atoms. The fraction of sp³-hybridized carbons (Fsp3) is 0.533. The number of aromatic nitrogens is 5. The van der Waals surface area contributed by atoms with Gasteiger partial charge in [0.1, 0.15) is 18.2 Å². The smallest absolute Gasteiger partial charge is 0.303 e. The van der Waals surface area contributed by atoms with Crippen LogP contribution in [0.2, 0.25) is 0 Å². The largest absolute Gasteiger partial charge is 0.463 e. The van der Waals surface area contributed by atoms with E-state index in [1.54, 1.807) is 0 Å². The van der Waals surface area contributed by atoms with Crippen molar-refractivity contribution >= 4 is 29.1 Å². The van der Waals surface area contributed by atoms with Crippen molar-refractivity contribution in [1.29, 1.82) is 0 Å². The minimum atomic E-state index is -1.26. The van der Waals surface area contributed by atoms with Crippen molar-refractivity contribution in [3.63, 3.8) is 0 Å². The summed E-state index contributed by atoms with van der Waals surface area (Å²) in [6.07, 6.45) is -2.04. The zero-order valence-corrected chi connectivity index (χ0v) is 13.9. The monoisotopic (exact) mass is 382 g/mol. The van der Waals surface area contributed by atoms with E-state index in [2.05, 4.69) is 20.4 Å². The Hall–Kier alpha value is -3.15. The van der Waals surface area contributed by atoms with Crippen LogP contribution in [-0.4, -0.2) is 67.8 Å². The predicted molar refractivity (Wildman–Crippen MR) is 84.8 cm³/mol. The standard InChI is InChI=1S/C15H17N5O7/c1-7(21)24-5-11-12(25-8(2)22)13(26-9(3)23)15(27-11)20-6-16-10-4-17-19-18-14(10)20/h4,6,11-13,15H,5H2,1-3H3/t11-,12-,13-,15?/m1/s1/i1D,2D,3D. The molecular weight excluding hydrogens is 362 g/mol. The van der Waals surface area contributed by atoms with Gasteiger partial charge in [-0.2, -0.15) is 0 Å². The summed E-state index contributed by atoms with van der Waals surface area (Å²) in [6, 6.07) is 0. The van der Waals surface area contributed by atoms with Crippen LogP contribution in [0.4, 0.5) is 0 Å². The van der Waals surface area contributed by atoms with E-state index in [0.717, 1.165) is 0 Å². The van der Waals surface area contributed by atoms with Crippen LogP contribution in [0.1, 0.15) is 31.0 Å². The van der Waals surface area contributed by atoms with Gasteiger partial charge in [-0.15, -0.1) is 10.2 Å². The molecule has 12 nitrogen and oxygen atoms in total. The summed E-state index contributed by atoms with van der Waals surface area (Å²) in [6.45, 7) is -2.43. The molecule has 0 spiro atoms. The summed E-state index contributed by atoms with van der Waals surface area (Å²) in [4.78, 5) is 39.1. The molecule has 0 bridgehead atoms. The number of carbonyl (C=O) groups is 3. The first kappa shape index (κ1) is 15.0. The number of fused-ring (bicyclic) bond motifs is 1. The number of nitrogens with zero attached hydrogens (tertiary/aromatic N) is 5. The van der Waals surface area contributed by atoms with Gasteiger partial charge in [0.05, 0.1) is 12.5 Å². The Balaban J connectivity index is 1.96. The highest BCUT2D eigenvalue weighted by Crippen LogP contribution is 2.35.